The van der Waals surface area contributed by atoms with Crippen molar-refractivity contribution < 1.29 is 4.79 Å². The van der Waals surface area contributed by atoms with Crippen LogP contribution < -0.4 is 5.56 Å². The maximum atomic E-state index is 13.0. The van der Waals surface area contributed by atoms with Gasteiger partial charge in [0.25, 0.3) is 5.56 Å². The second-order valence-electron chi connectivity index (χ2n) is 6.80. The summed E-state index contributed by atoms with van der Waals surface area (Å²) in [7, 11) is 0. The largest absolute Gasteiger partial charge is 0.285 e. The van der Waals surface area contributed by atoms with E-state index in [0.29, 0.717) is 22.2 Å². The molecule has 0 N–H and O–H groups in total. The molecule has 0 fully saturated rings. The van der Waals surface area contributed by atoms with Crippen molar-refractivity contribution in [2.24, 2.45) is 0 Å². The number of hydrogen-bond donors (Lipinski definition) is 0. The Kier molecular flexibility index (Phi) is 2.60. The van der Waals surface area contributed by atoms with Crippen LogP contribution in [0.4, 0.5) is 0 Å². The minimum absolute atomic E-state index is 0.191. The number of benzene rings is 2. The molecule has 1 aliphatic heterocycles. The molecule has 3 aromatic rings. The predicted molar refractivity (Wildman–Crippen MR) is 105 cm³/mol. The Labute approximate surface area is 153 Å². The van der Waals surface area contributed by atoms with Crippen molar-refractivity contribution >= 4 is 27.5 Å². The topological polar surface area (TPSA) is 52.0 Å². The highest BCUT2D eigenvalue weighted by Crippen LogP contribution is 2.38. The molecule has 0 unspecified atom stereocenters. The lowest BCUT2D eigenvalue weighted by Crippen LogP contribution is -2.21. The van der Waals surface area contributed by atoms with E-state index in [1.807, 2.05) is 42.5 Å². The Morgan fingerprint density at radius 3 is 2.48 bits per heavy atom. The van der Waals surface area contributed by atoms with E-state index in [4.69, 9.17) is 0 Å². The summed E-state index contributed by atoms with van der Waals surface area (Å²) in [5, 5.41) is 2.54. The van der Waals surface area contributed by atoms with Gasteiger partial charge in [0, 0.05) is 0 Å². The van der Waals surface area contributed by atoms with E-state index >= 15 is 0 Å². The first-order chi connectivity index (χ1) is 13.2. The summed E-state index contributed by atoms with van der Waals surface area (Å²) in [5.41, 5.74) is 3.69. The fourth-order valence-corrected chi connectivity index (χ4v) is 4.05. The van der Waals surface area contributed by atoms with Crippen LogP contribution in [-0.4, -0.2) is 15.3 Å². The van der Waals surface area contributed by atoms with E-state index in [2.05, 4.69) is 23.2 Å². The summed E-state index contributed by atoms with van der Waals surface area (Å²) in [6.07, 6.45) is 0. The quantitative estimate of drug-likeness (QED) is 0.414. The van der Waals surface area contributed by atoms with Crippen LogP contribution in [0.3, 0.4) is 0 Å². The minimum atomic E-state index is -0.204. The number of carbonyl (C=O) groups is 1. The van der Waals surface area contributed by atoms with E-state index < -0.39 is 0 Å². The van der Waals surface area contributed by atoms with Gasteiger partial charge in [-0.25, -0.2) is 4.98 Å². The highest BCUT2D eigenvalue weighted by atomic mass is 16.1. The average molecular weight is 348 g/mol. The first kappa shape index (κ1) is 14.4. The van der Waals surface area contributed by atoms with Crippen LogP contribution in [0.15, 0.2) is 77.6 Å². The number of hydrogen-bond acceptors (Lipinski definition) is 3. The zero-order chi connectivity index (χ0) is 18.1. The maximum Gasteiger partial charge on any atom is 0.266 e. The number of carbonyl (C=O) groups excluding carboxylic acids is 1. The molecule has 4 nitrogen and oxygen atoms in total. The zero-order valence-electron chi connectivity index (χ0n) is 14.1. The summed E-state index contributed by atoms with van der Waals surface area (Å²) < 4.78 is 1.46. The fourth-order valence-electron chi connectivity index (χ4n) is 4.05. The number of aromatic nitrogens is 2. The number of para-hydroxylation sites is 1. The number of nitrogens with zero attached hydrogens (tertiary/aromatic N) is 2. The molecule has 0 radical (unpaired) electrons. The van der Waals surface area contributed by atoms with Gasteiger partial charge in [-0.15, -0.1) is 0 Å². The van der Waals surface area contributed by atoms with Gasteiger partial charge in [0.1, 0.15) is 0 Å². The van der Waals surface area contributed by atoms with E-state index in [-0.39, 0.29) is 17.2 Å². The van der Waals surface area contributed by atoms with Gasteiger partial charge < -0.3 is 0 Å². The number of ketones is 1. The third kappa shape index (κ3) is 1.79. The normalized spacial score (nSPS) is 12.7. The smallest absolute Gasteiger partial charge is 0.266 e. The third-order valence-electron chi connectivity index (χ3n) is 5.31. The van der Waals surface area contributed by atoms with Crippen LogP contribution in [0.25, 0.3) is 38.5 Å². The molecular formula is C23H12N2O2. The molecule has 2 aromatic carbocycles. The first-order valence-electron chi connectivity index (χ1n) is 8.75. The number of fused-ring (bicyclic) bond motifs is 7. The molecule has 27 heavy (non-hydrogen) atoms. The van der Waals surface area contributed by atoms with Gasteiger partial charge >= 0.3 is 0 Å². The second kappa shape index (κ2) is 4.89. The molecule has 2 heterocycles. The molecule has 2 aliphatic carbocycles. The SMILES string of the molecule is O=C1c2cc3c4cccccc-4cc3cc2-n2c1nc1ccccc1c2=O. The van der Waals surface area contributed by atoms with Crippen molar-refractivity contribution in [2.45, 2.75) is 0 Å². The van der Waals surface area contributed by atoms with Crippen LogP contribution in [0.1, 0.15) is 16.2 Å². The molecule has 0 saturated heterocycles. The summed E-state index contributed by atoms with van der Waals surface area (Å²) in [6.45, 7) is 0. The van der Waals surface area contributed by atoms with Gasteiger partial charge in [0.15, 0.2) is 5.82 Å². The fraction of sp³-hybridized carbons (Fsp3) is 0. The van der Waals surface area contributed by atoms with E-state index in [0.717, 1.165) is 21.9 Å². The molecule has 1 aromatic heterocycles. The number of rotatable bonds is 0. The molecule has 6 rings (SSSR count). The Balaban J connectivity index is 1.75. The molecule has 0 spiro atoms. The second-order valence-corrected chi connectivity index (χ2v) is 6.80. The summed E-state index contributed by atoms with van der Waals surface area (Å²) in [4.78, 5) is 30.5. The van der Waals surface area contributed by atoms with E-state index in [9.17, 15) is 9.59 Å². The molecule has 0 saturated carbocycles. The van der Waals surface area contributed by atoms with Crippen molar-refractivity contribution in [1.82, 2.24) is 9.55 Å². The molecule has 0 amide bonds. The predicted octanol–water partition coefficient (Wildman–Crippen LogP) is 4.19. The third-order valence-corrected chi connectivity index (χ3v) is 5.31. The lowest BCUT2D eigenvalue weighted by Gasteiger charge is -2.05. The molecule has 0 bridgehead atoms. The zero-order valence-corrected chi connectivity index (χ0v) is 14.1. The minimum Gasteiger partial charge on any atom is -0.285 e. The van der Waals surface area contributed by atoms with Crippen LogP contribution in [0.5, 0.6) is 0 Å². The van der Waals surface area contributed by atoms with Crippen LogP contribution in [-0.2, 0) is 0 Å². The van der Waals surface area contributed by atoms with Crippen molar-refractivity contribution in [3.05, 3.63) is 94.5 Å². The van der Waals surface area contributed by atoms with Crippen molar-refractivity contribution in [3.8, 4) is 16.8 Å². The highest BCUT2D eigenvalue weighted by Gasteiger charge is 2.31. The van der Waals surface area contributed by atoms with Gasteiger partial charge in [-0.2, -0.15) is 0 Å². The van der Waals surface area contributed by atoms with Crippen molar-refractivity contribution in [1.29, 1.82) is 0 Å². The monoisotopic (exact) mass is 348 g/mol. The van der Waals surface area contributed by atoms with Gasteiger partial charge in [-0.3, -0.25) is 14.2 Å². The van der Waals surface area contributed by atoms with Crippen molar-refractivity contribution in [2.75, 3.05) is 0 Å². The molecule has 126 valence electrons. The standard InChI is InChI=1S/C23H12N2O2/c26-21-18-12-17-14(10-13-6-2-1-3-7-15(13)17)11-20(18)25-22(21)24-19-9-5-4-8-16(19)23(25)27/h1-12H. The van der Waals surface area contributed by atoms with Crippen LogP contribution in [0.2, 0.25) is 0 Å². The highest BCUT2D eigenvalue weighted by molar-refractivity contribution is 6.17. The molecule has 3 aliphatic rings. The van der Waals surface area contributed by atoms with Crippen LogP contribution >= 0.6 is 0 Å². The van der Waals surface area contributed by atoms with Gasteiger partial charge in [0.05, 0.1) is 22.2 Å². The van der Waals surface area contributed by atoms with Gasteiger partial charge in [-0.1, -0.05) is 42.5 Å². The van der Waals surface area contributed by atoms with Gasteiger partial charge in [-0.05, 0) is 52.2 Å². The van der Waals surface area contributed by atoms with Crippen LogP contribution in [0, 0.1) is 0 Å². The first-order valence-corrected chi connectivity index (χ1v) is 8.75. The maximum absolute atomic E-state index is 13.0. The summed E-state index contributed by atoms with van der Waals surface area (Å²) in [6, 6.07) is 23.1. The molecule has 4 heteroatoms. The Bertz CT molecular complexity index is 1460. The summed E-state index contributed by atoms with van der Waals surface area (Å²) >= 11 is 0. The van der Waals surface area contributed by atoms with E-state index in [1.54, 1.807) is 12.1 Å². The Hall–Kier alpha value is -3.79. The van der Waals surface area contributed by atoms with Gasteiger partial charge in [0.2, 0.25) is 5.78 Å². The summed E-state index contributed by atoms with van der Waals surface area (Å²) in [5.74, 6) is -0.0133. The Morgan fingerprint density at radius 1 is 0.741 bits per heavy atom. The molecular weight excluding hydrogens is 336 g/mol. The molecule has 0 atom stereocenters. The Morgan fingerprint density at radius 2 is 1.56 bits per heavy atom. The van der Waals surface area contributed by atoms with Crippen molar-refractivity contribution in [3.63, 3.8) is 0 Å². The lowest BCUT2D eigenvalue weighted by atomic mass is 10.0. The van der Waals surface area contributed by atoms with E-state index in [1.165, 1.54) is 4.57 Å². The average Bonchev–Trinajstić information content (AvgIpc) is 3.04. The lowest BCUT2D eigenvalue weighted by molar-refractivity contribution is 0.103.